The third-order valence-corrected chi connectivity index (χ3v) is 5.32. The van der Waals surface area contributed by atoms with E-state index in [0.717, 1.165) is 44.4 Å². The summed E-state index contributed by atoms with van der Waals surface area (Å²) in [5, 5.41) is 11.1. The van der Waals surface area contributed by atoms with E-state index in [1.807, 2.05) is 18.5 Å². The molecule has 2 aromatic heterocycles. The number of aromatic nitrogens is 2. The first-order valence-corrected chi connectivity index (χ1v) is 10.8. The highest BCUT2D eigenvalue weighted by molar-refractivity contribution is 7.07. The maximum atomic E-state index is 4.75. The number of benzene rings is 1. The lowest BCUT2D eigenvalue weighted by Gasteiger charge is -2.13. The molecule has 2 heterocycles. The van der Waals surface area contributed by atoms with Crippen LogP contribution < -0.4 is 10.6 Å². The molecule has 1 atom stereocenters. The molecular formula is C22H29N5S. The molecule has 28 heavy (non-hydrogen) atoms. The molecule has 3 aromatic rings. The molecule has 0 aliphatic heterocycles. The minimum Gasteiger partial charge on any atom is -0.357 e. The molecule has 0 aliphatic rings. The highest BCUT2D eigenvalue weighted by Crippen LogP contribution is 2.18. The van der Waals surface area contributed by atoms with Crippen LogP contribution in [0.15, 0.2) is 64.5 Å². The predicted octanol–water partition coefficient (Wildman–Crippen LogP) is 3.89. The van der Waals surface area contributed by atoms with Gasteiger partial charge in [0.2, 0.25) is 0 Å². The van der Waals surface area contributed by atoms with E-state index >= 15 is 0 Å². The van der Waals surface area contributed by atoms with Gasteiger partial charge in [-0.1, -0.05) is 37.3 Å². The third kappa shape index (κ3) is 5.96. The van der Waals surface area contributed by atoms with E-state index in [0.29, 0.717) is 5.92 Å². The maximum Gasteiger partial charge on any atom is 0.191 e. The van der Waals surface area contributed by atoms with Crippen LogP contribution in [0.3, 0.4) is 0 Å². The van der Waals surface area contributed by atoms with Crippen molar-refractivity contribution in [3.63, 3.8) is 0 Å². The van der Waals surface area contributed by atoms with Crippen molar-refractivity contribution in [3.8, 4) is 0 Å². The first kappa shape index (κ1) is 20.1. The molecule has 0 fully saturated rings. The second kappa shape index (κ2) is 10.7. The normalized spacial score (nSPS) is 12.7. The molecule has 1 aromatic carbocycles. The molecule has 0 spiro atoms. The SMILES string of the molecule is CCNC(=NCC(C)c1ccsc1)NCCc1nccn1Cc1ccccc1. The summed E-state index contributed by atoms with van der Waals surface area (Å²) in [7, 11) is 0. The number of imidazole rings is 1. The summed E-state index contributed by atoms with van der Waals surface area (Å²) >= 11 is 1.74. The summed E-state index contributed by atoms with van der Waals surface area (Å²) in [6.45, 7) is 7.57. The van der Waals surface area contributed by atoms with Gasteiger partial charge in [-0.25, -0.2) is 4.98 Å². The highest BCUT2D eigenvalue weighted by atomic mass is 32.1. The Bertz CT molecular complexity index is 839. The van der Waals surface area contributed by atoms with E-state index in [2.05, 4.69) is 75.1 Å². The zero-order chi connectivity index (χ0) is 19.6. The summed E-state index contributed by atoms with van der Waals surface area (Å²) in [5.74, 6) is 2.37. The van der Waals surface area contributed by atoms with Crippen LogP contribution in [0.5, 0.6) is 0 Å². The molecular weight excluding hydrogens is 366 g/mol. The summed E-state index contributed by atoms with van der Waals surface area (Å²) in [4.78, 5) is 9.28. The van der Waals surface area contributed by atoms with E-state index in [9.17, 15) is 0 Å². The van der Waals surface area contributed by atoms with Crippen LogP contribution in [-0.4, -0.2) is 35.1 Å². The second-order valence-corrected chi connectivity index (χ2v) is 7.59. The minimum absolute atomic E-state index is 0.423. The van der Waals surface area contributed by atoms with Gasteiger partial charge in [0.15, 0.2) is 5.96 Å². The molecule has 0 saturated heterocycles. The lowest BCUT2D eigenvalue weighted by Crippen LogP contribution is -2.38. The summed E-state index contributed by atoms with van der Waals surface area (Å²) < 4.78 is 2.21. The van der Waals surface area contributed by atoms with Crippen LogP contribution in [0.2, 0.25) is 0 Å². The predicted molar refractivity (Wildman–Crippen MR) is 118 cm³/mol. The van der Waals surface area contributed by atoms with Crippen molar-refractivity contribution in [1.82, 2.24) is 20.2 Å². The summed E-state index contributed by atoms with van der Waals surface area (Å²) in [5.41, 5.74) is 2.64. The molecule has 0 saturated carbocycles. The first-order chi connectivity index (χ1) is 13.8. The highest BCUT2D eigenvalue weighted by Gasteiger charge is 2.07. The van der Waals surface area contributed by atoms with Gasteiger partial charge in [0.05, 0.1) is 0 Å². The van der Waals surface area contributed by atoms with Gasteiger partial charge >= 0.3 is 0 Å². The molecule has 3 rings (SSSR count). The topological polar surface area (TPSA) is 54.2 Å². The standard InChI is InChI=1S/C22H29N5S/c1-3-23-22(26-15-18(2)20-10-14-28-17-20)25-11-9-21-24-12-13-27(21)16-19-7-5-4-6-8-19/h4-8,10,12-14,17-18H,3,9,11,15-16H2,1-2H3,(H2,23,25,26). The number of nitrogens with zero attached hydrogens (tertiary/aromatic N) is 3. The van der Waals surface area contributed by atoms with E-state index < -0.39 is 0 Å². The Labute approximate surface area is 171 Å². The van der Waals surface area contributed by atoms with Crippen LogP contribution in [0.4, 0.5) is 0 Å². The van der Waals surface area contributed by atoms with Crippen molar-refractivity contribution >= 4 is 17.3 Å². The van der Waals surface area contributed by atoms with E-state index in [4.69, 9.17) is 4.99 Å². The van der Waals surface area contributed by atoms with Gasteiger partial charge in [0, 0.05) is 50.9 Å². The molecule has 0 aliphatic carbocycles. The van der Waals surface area contributed by atoms with Crippen LogP contribution >= 0.6 is 11.3 Å². The van der Waals surface area contributed by atoms with Gasteiger partial charge in [-0.15, -0.1) is 0 Å². The van der Waals surface area contributed by atoms with Crippen molar-refractivity contribution in [1.29, 1.82) is 0 Å². The molecule has 0 bridgehead atoms. The Morgan fingerprint density at radius 2 is 2.07 bits per heavy atom. The minimum atomic E-state index is 0.423. The van der Waals surface area contributed by atoms with E-state index in [1.165, 1.54) is 11.1 Å². The van der Waals surface area contributed by atoms with Gasteiger partial charge < -0.3 is 15.2 Å². The maximum absolute atomic E-state index is 4.75. The fourth-order valence-electron chi connectivity index (χ4n) is 3.02. The first-order valence-electron chi connectivity index (χ1n) is 9.84. The molecule has 148 valence electrons. The molecule has 1 unspecified atom stereocenters. The Balaban J connectivity index is 1.52. The number of hydrogen-bond acceptors (Lipinski definition) is 3. The van der Waals surface area contributed by atoms with Crippen molar-refractivity contribution in [2.24, 2.45) is 4.99 Å². The molecule has 6 heteroatoms. The fraction of sp³-hybridized carbons (Fsp3) is 0.364. The van der Waals surface area contributed by atoms with Crippen molar-refractivity contribution in [2.45, 2.75) is 32.7 Å². The van der Waals surface area contributed by atoms with Crippen LogP contribution in [0.25, 0.3) is 0 Å². The van der Waals surface area contributed by atoms with E-state index in [-0.39, 0.29) is 0 Å². The number of guanidine groups is 1. The third-order valence-electron chi connectivity index (χ3n) is 4.62. The summed E-state index contributed by atoms with van der Waals surface area (Å²) in [6.07, 6.45) is 4.77. The Morgan fingerprint density at radius 1 is 1.21 bits per heavy atom. The lowest BCUT2D eigenvalue weighted by molar-refractivity contribution is 0.691. The average molecular weight is 396 g/mol. The molecule has 2 N–H and O–H groups in total. The average Bonchev–Trinajstić information content (AvgIpc) is 3.39. The smallest absolute Gasteiger partial charge is 0.191 e. The number of aliphatic imine (C=N–C) groups is 1. The molecule has 5 nitrogen and oxygen atoms in total. The summed E-state index contributed by atoms with van der Waals surface area (Å²) in [6, 6.07) is 12.7. The molecule has 0 amide bonds. The Hall–Kier alpha value is -2.60. The zero-order valence-corrected chi connectivity index (χ0v) is 17.5. The van der Waals surface area contributed by atoms with Crippen LogP contribution in [0.1, 0.15) is 36.7 Å². The monoisotopic (exact) mass is 395 g/mol. The number of thiophene rings is 1. The van der Waals surface area contributed by atoms with Gasteiger partial charge in [-0.05, 0) is 34.9 Å². The van der Waals surface area contributed by atoms with Gasteiger partial charge in [0.25, 0.3) is 0 Å². The quantitative estimate of drug-likeness (QED) is 0.427. The van der Waals surface area contributed by atoms with Gasteiger partial charge in [-0.3, -0.25) is 4.99 Å². The molecule has 0 radical (unpaired) electrons. The van der Waals surface area contributed by atoms with Crippen LogP contribution in [0, 0.1) is 0 Å². The number of rotatable bonds is 9. The van der Waals surface area contributed by atoms with Gasteiger partial charge in [0.1, 0.15) is 5.82 Å². The zero-order valence-electron chi connectivity index (χ0n) is 16.6. The number of hydrogen-bond donors (Lipinski definition) is 2. The Kier molecular flexibility index (Phi) is 7.67. The van der Waals surface area contributed by atoms with E-state index in [1.54, 1.807) is 11.3 Å². The van der Waals surface area contributed by atoms with Crippen molar-refractivity contribution < 1.29 is 0 Å². The van der Waals surface area contributed by atoms with Crippen LogP contribution in [-0.2, 0) is 13.0 Å². The second-order valence-electron chi connectivity index (χ2n) is 6.81. The lowest BCUT2D eigenvalue weighted by atomic mass is 10.1. The Morgan fingerprint density at radius 3 is 2.82 bits per heavy atom. The largest absolute Gasteiger partial charge is 0.357 e. The van der Waals surface area contributed by atoms with Crippen molar-refractivity contribution in [2.75, 3.05) is 19.6 Å². The van der Waals surface area contributed by atoms with Gasteiger partial charge in [-0.2, -0.15) is 11.3 Å². The number of nitrogens with one attached hydrogen (secondary N) is 2. The van der Waals surface area contributed by atoms with Crippen molar-refractivity contribution in [3.05, 3.63) is 76.5 Å². The fourth-order valence-corrected chi connectivity index (χ4v) is 3.80.